The Labute approximate surface area is 153 Å². The maximum absolute atomic E-state index is 12.4. The highest BCUT2D eigenvalue weighted by molar-refractivity contribution is 6.30. The summed E-state index contributed by atoms with van der Waals surface area (Å²) in [5.74, 6) is -1.07. The van der Waals surface area contributed by atoms with Gasteiger partial charge in [-0.1, -0.05) is 29.8 Å². The molecule has 0 fully saturated rings. The summed E-state index contributed by atoms with van der Waals surface area (Å²) >= 11 is 5.76. The number of carbonyl (C=O) groups excluding carboxylic acids is 2. The summed E-state index contributed by atoms with van der Waals surface area (Å²) in [6, 6.07) is 13.3. The van der Waals surface area contributed by atoms with Crippen LogP contribution < -0.4 is 16.4 Å². The van der Waals surface area contributed by atoms with E-state index in [0.29, 0.717) is 21.7 Å². The predicted octanol–water partition coefficient (Wildman–Crippen LogP) is 1.82. The zero-order valence-electron chi connectivity index (χ0n) is 13.8. The number of hydrogen-bond acceptors (Lipinski definition) is 4. The lowest BCUT2D eigenvalue weighted by Crippen LogP contribution is -2.44. The van der Waals surface area contributed by atoms with Crippen LogP contribution in [0.3, 0.4) is 0 Å². The number of hydrazine groups is 1. The molecule has 1 heterocycles. The van der Waals surface area contributed by atoms with E-state index < -0.39 is 11.8 Å². The zero-order valence-corrected chi connectivity index (χ0v) is 14.6. The molecule has 8 heteroatoms. The van der Waals surface area contributed by atoms with Gasteiger partial charge in [0.2, 0.25) is 0 Å². The third-order valence-corrected chi connectivity index (χ3v) is 4.02. The Morgan fingerprint density at radius 1 is 1.04 bits per heavy atom. The smallest absolute Gasteiger partial charge is 0.271 e. The van der Waals surface area contributed by atoms with Crippen LogP contribution in [-0.2, 0) is 11.3 Å². The highest BCUT2D eigenvalue weighted by Crippen LogP contribution is 2.11. The lowest BCUT2D eigenvalue weighted by Gasteiger charge is -2.10. The number of fused-ring (bicyclic) bond motifs is 1. The Balaban J connectivity index is 1.69. The summed E-state index contributed by atoms with van der Waals surface area (Å²) in [5.41, 5.74) is 5.16. The largest absolute Gasteiger partial charge is 0.275 e. The van der Waals surface area contributed by atoms with Gasteiger partial charge in [-0.3, -0.25) is 25.2 Å². The molecular weight excluding hydrogens is 356 g/mol. The van der Waals surface area contributed by atoms with E-state index in [-0.39, 0.29) is 12.1 Å². The normalized spacial score (nSPS) is 10.5. The van der Waals surface area contributed by atoms with Crippen molar-refractivity contribution < 1.29 is 9.59 Å². The van der Waals surface area contributed by atoms with E-state index in [1.165, 1.54) is 12.1 Å². The van der Waals surface area contributed by atoms with Crippen LogP contribution in [0.25, 0.3) is 10.8 Å². The monoisotopic (exact) mass is 370 g/mol. The Morgan fingerprint density at radius 3 is 2.38 bits per heavy atom. The lowest BCUT2D eigenvalue weighted by atomic mass is 10.1. The van der Waals surface area contributed by atoms with Crippen molar-refractivity contribution >= 4 is 34.2 Å². The summed E-state index contributed by atoms with van der Waals surface area (Å²) in [6.45, 7) is 1.45. The first-order valence-electron chi connectivity index (χ1n) is 7.77. The molecule has 3 rings (SSSR count). The fourth-order valence-corrected chi connectivity index (χ4v) is 2.61. The first-order valence-corrected chi connectivity index (χ1v) is 8.15. The number of hydrogen-bond donors (Lipinski definition) is 2. The minimum absolute atomic E-state index is 0.314. The van der Waals surface area contributed by atoms with Crippen LogP contribution in [0.15, 0.2) is 53.3 Å². The summed E-state index contributed by atoms with van der Waals surface area (Å²) in [7, 11) is 0. The Kier molecular flexibility index (Phi) is 4.99. The van der Waals surface area contributed by atoms with E-state index in [9.17, 15) is 14.4 Å². The Morgan fingerprint density at radius 2 is 1.69 bits per heavy atom. The predicted molar refractivity (Wildman–Crippen MR) is 97.8 cm³/mol. The quantitative estimate of drug-likeness (QED) is 0.688. The molecule has 2 amide bonds. The van der Waals surface area contributed by atoms with Gasteiger partial charge in [0.05, 0.1) is 11.1 Å². The topological polar surface area (TPSA) is 93.1 Å². The maximum atomic E-state index is 12.4. The van der Waals surface area contributed by atoms with Crippen LogP contribution in [0, 0.1) is 6.92 Å². The number of halogens is 1. The van der Waals surface area contributed by atoms with Crippen LogP contribution in [-0.4, -0.2) is 21.6 Å². The summed E-state index contributed by atoms with van der Waals surface area (Å²) < 4.78 is 1.07. The molecule has 0 aliphatic rings. The summed E-state index contributed by atoms with van der Waals surface area (Å²) in [4.78, 5) is 36.4. The van der Waals surface area contributed by atoms with Crippen LogP contribution in [0.1, 0.15) is 16.1 Å². The van der Waals surface area contributed by atoms with Crippen molar-refractivity contribution in [3.05, 3.63) is 75.2 Å². The van der Waals surface area contributed by atoms with Crippen LogP contribution in [0.5, 0.6) is 0 Å². The Bertz CT molecular complexity index is 1040. The van der Waals surface area contributed by atoms with Crippen molar-refractivity contribution in [3.8, 4) is 0 Å². The van der Waals surface area contributed by atoms with Gasteiger partial charge in [0.15, 0.2) is 0 Å². The highest BCUT2D eigenvalue weighted by atomic mass is 35.5. The zero-order chi connectivity index (χ0) is 18.7. The third kappa shape index (κ3) is 3.73. The van der Waals surface area contributed by atoms with Crippen LogP contribution in [0.4, 0.5) is 0 Å². The van der Waals surface area contributed by atoms with Crippen molar-refractivity contribution in [3.63, 3.8) is 0 Å². The summed E-state index contributed by atoms with van der Waals surface area (Å²) in [6.07, 6.45) is 0. The molecule has 1 aromatic heterocycles. The second kappa shape index (κ2) is 7.37. The highest BCUT2D eigenvalue weighted by Gasteiger charge is 2.12. The number of aryl methyl sites for hydroxylation is 1. The Hall–Kier alpha value is -3.19. The van der Waals surface area contributed by atoms with Gasteiger partial charge < -0.3 is 0 Å². The molecule has 0 bridgehead atoms. The summed E-state index contributed by atoms with van der Waals surface area (Å²) in [5, 5.41) is 5.88. The van der Waals surface area contributed by atoms with E-state index in [0.717, 1.165) is 10.1 Å². The fraction of sp³-hybridized carbons (Fsp3) is 0.111. The van der Waals surface area contributed by atoms with Gasteiger partial charge >= 0.3 is 0 Å². The number of benzene rings is 2. The molecule has 2 aromatic carbocycles. The second-order valence-corrected chi connectivity index (χ2v) is 6.04. The molecule has 0 aliphatic carbocycles. The molecule has 3 aromatic rings. The van der Waals surface area contributed by atoms with Crippen molar-refractivity contribution in [1.29, 1.82) is 0 Å². The molecule has 0 unspecified atom stereocenters. The standard InChI is InChI=1S/C18H15ClN4O3/c1-11-14-4-2-3-5-15(14)18(26)23(22-11)10-16(24)20-21-17(25)12-6-8-13(19)9-7-12/h2-9H,10H2,1H3,(H,20,24)(H,21,25). The molecule has 2 N–H and O–H groups in total. The van der Waals surface area contributed by atoms with Gasteiger partial charge in [0, 0.05) is 16.0 Å². The number of rotatable bonds is 3. The number of carbonyl (C=O) groups is 2. The molecule has 26 heavy (non-hydrogen) atoms. The number of nitrogens with zero attached hydrogens (tertiary/aromatic N) is 2. The van der Waals surface area contributed by atoms with E-state index in [1.807, 2.05) is 6.07 Å². The molecule has 0 spiro atoms. The van der Waals surface area contributed by atoms with Gasteiger partial charge in [-0.05, 0) is 37.3 Å². The van der Waals surface area contributed by atoms with E-state index in [1.54, 1.807) is 37.3 Å². The fourth-order valence-electron chi connectivity index (χ4n) is 2.49. The number of amides is 2. The molecule has 0 saturated heterocycles. The average Bonchev–Trinajstić information content (AvgIpc) is 2.64. The van der Waals surface area contributed by atoms with Crippen molar-refractivity contribution in [2.24, 2.45) is 0 Å². The number of aromatic nitrogens is 2. The van der Waals surface area contributed by atoms with Gasteiger partial charge in [-0.15, -0.1) is 0 Å². The minimum Gasteiger partial charge on any atom is -0.271 e. The maximum Gasteiger partial charge on any atom is 0.275 e. The van der Waals surface area contributed by atoms with E-state index in [4.69, 9.17) is 11.6 Å². The van der Waals surface area contributed by atoms with Crippen molar-refractivity contribution in [1.82, 2.24) is 20.6 Å². The molecule has 7 nitrogen and oxygen atoms in total. The van der Waals surface area contributed by atoms with Crippen molar-refractivity contribution in [2.45, 2.75) is 13.5 Å². The molecular formula is C18H15ClN4O3. The van der Waals surface area contributed by atoms with Gasteiger partial charge in [0.25, 0.3) is 17.4 Å². The third-order valence-electron chi connectivity index (χ3n) is 3.77. The van der Waals surface area contributed by atoms with Crippen molar-refractivity contribution in [2.75, 3.05) is 0 Å². The first kappa shape index (κ1) is 17.6. The van der Waals surface area contributed by atoms with Gasteiger partial charge in [-0.25, -0.2) is 4.68 Å². The van der Waals surface area contributed by atoms with E-state index in [2.05, 4.69) is 16.0 Å². The first-order chi connectivity index (χ1) is 12.5. The molecule has 0 saturated carbocycles. The molecule has 0 aliphatic heterocycles. The molecule has 0 atom stereocenters. The molecule has 132 valence electrons. The number of nitrogens with one attached hydrogen (secondary N) is 2. The SMILES string of the molecule is Cc1nn(CC(=O)NNC(=O)c2ccc(Cl)cc2)c(=O)c2ccccc12. The average molecular weight is 371 g/mol. The van der Waals surface area contributed by atoms with Crippen LogP contribution in [0.2, 0.25) is 5.02 Å². The molecule has 0 radical (unpaired) electrons. The van der Waals surface area contributed by atoms with Gasteiger partial charge in [0.1, 0.15) is 6.54 Å². The minimum atomic E-state index is -0.573. The second-order valence-electron chi connectivity index (χ2n) is 5.60. The van der Waals surface area contributed by atoms with Gasteiger partial charge in [-0.2, -0.15) is 5.10 Å². The van der Waals surface area contributed by atoms with Crippen LogP contribution >= 0.6 is 11.6 Å². The lowest BCUT2D eigenvalue weighted by molar-refractivity contribution is -0.122. The van der Waals surface area contributed by atoms with E-state index >= 15 is 0 Å².